The van der Waals surface area contributed by atoms with Crippen molar-refractivity contribution in [1.82, 2.24) is 4.90 Å². The van der Waals surface area contributed by atoms with E-state index in [1.165, 1.54) is 0 Å². The summed E-state index contributed by atoms with van der Waals surface area (Å²) >= 11 is 0. The molecule has 0 aliphatic carbocycles. The third-order valence-electron chi connectivity index (χ3n) is 4.27. The van der Waals surface area contributed by atoms with E-state index in [9.17, 15) is 4.79 Å². The second-order valence-corrected chi connectivity index (χ2v) is 6.10. The molecule has 3 aromatic rings. The highest BCUT2D eigenvalue weighted by Gasteiger charge is 2.17. The van der Waals surface area contributed by atoms with Gasteiger partial charge in [0, 0.05) is 30.1 Å². The first kappa shape index (κ1) is 17.1. The summed E-state index contributed by atoms with van der Waals surface area (Å²) in [5, 5.41) is 0.963. The van der Waals surface area contributed by atoms with Gasteiger partial charge in [-0.25, -0.2) is 0 Å². The lowest BCUT2D eigenvalue weighted by molar-refractivity contribution is -0.131. The van der Waals surface area contributed by atoms with Gasteiger partial charge in [-0.1, -0.05) is 37.3 Å². The summed E-state index contributed by atoms with van der Waals surface area (Å²) in [5.74, 6) is 0.862. The Labute approximate surface area is 148 Å². The summed E-state index contributed by atoms with van der Waals surface area (Å²) in [6.07, 6.45) is 2.95. The van der Waals surface area contributed by atoms with Crippen molar-refractivity contribution in [3.05, 3.63) is 65.9 Å². The predicted octanol–water partition coefficient (Wildman–Crippen LogP) is 4.42. The van der Waals surface area contributed by atoms with E-state index in [1.807, 2.05) is 41.3 Å². The molecule has 130 valence electrons. The second kappa shape index (κ2) is 7.88. The van der Waals surface area contributed by atoms with E-state index < -0.39 is 0 Å². The largest absolute Gasteiger partial charge is 0.497 e. The number of methoxy groups -OCH3 is 1. The minimum Gasteiger partial charge on any atom is -0.497 e. The van der Waals surface area contributed by atoms with Gasteiger partial charge in [-0.15, -0.1) is 0 Å². The van der Waals surface area contributed by atoms with E-state index in [-0.39, 0.29) is 5.91 Å². The van der Waals surface area contributed by atoms with E-state index in [1.54, 1.807) is 13.4 Å². The molecule has 2 aromatic carbocycles. The first-order valence-electron chi connectivity index (χ1n) is 8.57. The number of hydrogen-bond acceptors (Lipinski definition) is 3. The van der Waals surface area contributed by atoms with Gasteiger partial charge in [0.05, 0.1) is 19.8 Å². The second-order valence-electron chi connectivity index (χ2n) is 6.10. The molecule has 0 aliphatic rings. The Morgan fingerprint density at radius 3 is 2.68 bits per heavy atom. The van der Waals surface area contributed by atoms with Gasteiger partial charge in [0.1, 0.15) is 11.3 Å². The summed E-state index contributed by atoms with van der Waals surface area (Å²) in [6.45, 7) is 3.47. The molecule has 1 heterocycles. The molecule has 1 amide bonds. The van der Waals surface area contributed by atoms with Gasteiger partial charge in [0.2, 0.25) is 5.91 Å². The maximum Gasteiger partial charge on any atom is 0.227 e. The highest BCUT2D eigenvalue weighted by Crippen LogP contribution is 2.26. The molecule has 0 fully saturated rings. The van der Waals surface area contributed by atoms with Crippen LogP contribution in [0.5, 0.6) is 5.75 Å². The number of rotatable bonds is 7. The minimum atomic E-state index is 0.115. The Balaban J connectivity index is 1.77. The molecular formula is C21H23NO3. The molecule has 4 heteroatoms. The maximum absolute atomic E-state index is 12.8. The van der Waals surface area contributed by atoms with Crippen molar-refractivity contribution in [2.24, 2.45) is 0 Å². The fourth-order valence-electron chi connectivity index (χ4n) is 2.97. The standard InChI is InChI=1S/C21H23NO3/c1-3-11-22(14-16-7-5-4-6-8-16)21(23)12-17-15-25-20-13-18(24-2)9-10-19(17)20/h4-10,13,15H,3,11-12,14H2,1-2H3. The lowest BCUT2D eigenvalue weighted by Crippen LogP contribution is -2.32. The molecule has 25 heavy (non-hydrogen) atoms. The van der Waals surface area contributed by atoms with Crippen molar-refractivity contribution >= 4 is 16.9 Å². The number of carbonyl (C=O) groups excluding carboxylic acids is 1. The summed E-state index contributed by atoms with van der Waals surface area (Å²) in [5.41, 5.74) is 2.80. The number of hydrogen-bond donors (Lipinski definition) is 0. The molecule has 0 radical (unpaired) electrons. The number of amides is 1. The molecule has 1 aromatic heterocycles. The van der Waals surface area contributed by atoms with Crippen molar-refractivity contribution in [2.45, 2.75) is 26.3 Å². The van der Waals surface area contributed by atoms with Gasteiger partial charge in [0.25, 0.3) is 0 Å². The molecule has 0 N–H and O–H groups in total. The van der Waals surface area contributed by atoms with Gasteiger partial charge in [0.15, 0.2) is 0 Å². The SMILES string of the molecule is CCCN(Cc1ccccc1)C(=O)Cc1coc2cc(OC)ccc12. The van der Waals surface area contributed by atoms with Crippen LogP contribution in [0, 0.1) is 0 Å². The van der Waals surface area contributed by atoms with Crippen LogP contribution in [-0.2, 0) is 17.8 Å². The molecule has 4 nitrogen and oxygen atoms in total. The predicted molar refractivity (Wildman–Crippen MR) is 98.6 cm³/mol. The van der Waals surface area contributed by atoms with Crippen LogP contribution in [0.4, 0.5) is 0 Å². The van der Waals surface area contributed by atoms with Crippen molar-refractivity contribution in [3.63, 3.8) is 0 Å². The van der Waals surface area contributed by atoms with Crippen molar-refractivity contribution < 1.29 is 13.9 Å². The number of fused-ring (bicyclic) bond motifs is 1. The molecular weight excluding hydrogens is 314 g/mol. The fourth-order valence-corrected chi connectivity index (χ4v) is 2.97. The summed E-state index contributed by atoms with van der Waals surface area (Å²) < 4.78 is 10.8. The van der Waals surface area contributed by atoms with Crippen LogP contribution >= 0.6 is 0 Å². The number of ether oxygens (including phenoxy) is 1. The van der Waals surface area contributed by atoms with Gasteiger partial charge in [-0.3, -0.25) is 4.79 Å². The normalized spacial score (nSPS) is 10.8. The Morgan fingerprint density at radius 2 is 1.96 bits per heavy atom. The summed E-state index contributed by atoms with van der Waals surface area (Å²) in [7, 11) is 1.63. The lowest BCUT2D eigenvalue weighted by Gasteiger charge is -2.22. The molecule has 0 saturated heterocycles. The monoisotopic (exact) mass is 337 g/mol. The van der Waals surface area contributed by atoms with Gasteiger partial charge >= 0.3 is 0 Å². The van der Waals surface area contributed by atoms with E-state index in [4.69, 9.17) is 9.15 Å². The molecule has 0 unspecified atom stereocenters. The van der Waals surface area contributed by atoms with Crippen LogP contribution in [0.1, 0.15) is 24.5 Å². The van der Waals surface area contributed by atoms with E-state index in [0.717, 1.165) is 40.8 Å². The molecule has 3 rings (SSSR count). The van der Waals surface area contributed by atoms with Crippen LogP contribution in [0.15, 0.2) is 59.2 Å². The van der Waals surface area contributed by atoms with Gasteiger partial charge in [-0.05, 0) is 24.1 Å². The number of furan rings is 1. The smallest absolute Gasteiger partial charge is 0.227 e. The van der Waals surface area contributed by atoms with Crippen molar-refractivity contribution in [3.8, 4) is 5.75 Å². The average Bonchev–Trinajstić information content (AvgIpc) is 3.04. The Hall–Kier alpha value is -2.75. The number of benzene rings is 2. The first-order valence-corrected chi connectivity index (χ1v) is 8.57. The van der Waals surface area contributed by atoms with Crippen LogP contribution in [0.25, 0.3) is 11.0 Å². The van der Waals surface area contributed by atoms with Crippen LogP contribution in [-0.4, -0.2) is 24.5 Å². The molecule has 0 bridgehead atoms. The summed E-state index contributed by atoms with van der Waals surface area (Å²) in [4.78, 5) is 14.7. The van der Waals surface area contributed by atoms with Crippen molar-refractivity contribution in [2.75, 3.05) is 13.7 Å². The maximum atomic E-state index is 12.8. The third-order valence-corrected chi connectivity index (χ3v) is 4.27. The zero-order chi connectivity index (χ0) is 17.6. The van der Waals surface area contributed by atoms with Gasteiger partial charge in [-0.2, -0.15) is 0 Å². The topological polar surface area (TPSA) is 42.7 Å². The molecule has 0 aliphatic heterocycles. The van der Waals surface area contributed by atoms with Crippen LogP contribution in [0.3, 0.4) is 0 Å². The van der Waals surface area contributed by atoms with Gasteiger partial charge < -0.3 is 14.1 Å². The lowest BCUT2D eigenvalue weighted by atomic mass is 10.1. The van der Waals surface area contributed by atoms with Crippen molar-refractivity contribution in [1.29, 1.82) is 0 Å². The average molecular weight is 337 g/mol. The molecule has 0 saturated carbocycles. The number of nitrogens with zero attached hydrogens (tertiary/aromatic N) is 1. The van der Waals surface area contributed by atoms with Crippen LogP contribution in [0.2, 0.25) is 0 Å². The number of carbonyl (C=O) groups is 1. The zero-order valence-corrected chi connectivity index (χ0v) is 14.7. The zero-order valence-electron chi connectivity index (χ0n) is 14.7. The molecule has 0 atom stereocenters. The third kappa shape index (κ3) is 4.02. The molecule has 0 spiro atoms. The van der Waals surface area contributed by atoms with E-state index >= 15 is 0 Å². The van der Waals surface area contributed by atoms with Crippen LogP contribution < -0.4 is 4.74 Å². The van der Waals surface area contributed by atoms with E-state index in [0.29, 0.717) is 13.0 Å². The first-order chi connectivity index (χ1) is 12.2. The summed E-state index contributed by atoms with van der Waals surface area (Å²) in [6, 6.07) is 15.8. The Morgan fingerprint density at radius 1 is 1.16 bits per heavy atom. The Bertz CT molecular complexity index is 839. The highest BCUT2D eigenvalue weighted by molar-refractivity contribution is 5.88. The quantitative estimate of drug-likeness (QED) is 0.641. The van der Waals surface area contributed by atoms with E-state index in [2.05, 4.69) is 19.1 Å². The Kier molecular flexibility index (Phi) is 5.39. The fraction of sp³-hybridized carbons (Fsp3) is 0.286. The minimum absolute atomic E-state index is 0.115. The highest BCUT2D eigenvalue weighted by atomic mass is 16.5.